The van der Waals surface area contributed by atoms with E-state index in [1.807, 2.05) is 31.2 Å². The van der Waals surface area contributed by atoms with Gasteiger partial charge in [0.2, 0.25) is 0 Å². The van der Waals surface area contributed by atoms with Crippen molar-refractivity contribution in [3.05, 3.63) is 50.7 Å². The second-order valence-electron chi connectivity index (χ2n) is 4.03. The van der Waals surface area contributed by atoms with Gasteiger partial charge in [-0.1, -0.05) is 22.0 Å². The van der Waals surface area contributed by atoms with Crippen LogP contribution in [0.1, 0.15) is 5.56 Å². The highest BCUT2D eigenvalue weighted by Crippen LogP contribution is 2.26. The van der Waals surface area contributed by atoms with Crippen LogP contribution in [-0.2, 0) is 7.05 Å². The normalized spacial score (nSPS) is 10.5. The van der Waals surface area contributed by atoms with Crippen molar-refractivity contribution < 1.29 is 0 Å². The molecule has 0 fully saturated rings. The molecule has 4 heteroatoms. The van der Waals surface area contributed by atoms with E-state index >= 15 is 0 Å². The first-order valence-corrected chi connectivity index (χ1v) is 6.01. The second-order valence-corrected chi connectivity index (χ2v) is 4.94. The predicted molar refractivity (Wildman–Crippen MR) is 74.0 cm³/mol. The van der Waals surface area contributed by atoms with E-state index in [9.17, 15) is 4.79 Å². The summed E-state index contributed by atoms with van der Waals surface area (Å²) in [5.41, 5.74) is 8.68. The minimum Gasteiger partial charge on any atom is -0.385 e. The maximum absolute atomic E-state index is 11.7. The van der Waals surface area contributed by atoms with Crippen molar-refractivity contribution in [1.29, 1.82) is 0 Å². The summed E-state index contributed by atoms with van der Waals surface area (Å²) in [6.07, 6.45) is 0. The molecule has 0 amide bonds. The van der Waals surface area contributed by atoms with Gasteiger partial charge >= 0.3 is 0 Å². The monoisotopic (exact) mass is 292 g/mol. The van der Waals surface area contributed by atoms with Gasteiger partial charge in [0.25, 0.3) is 5.56 Å². The highest BCUT2D eigenvalue weighted by Gasteiger charge is 2.06. The number of hydrogen-bond acceptors (Lipinski definition) is 2. The average molecular weight is 293 g/mol. The molecule has 0 aliphatic rings. The minimum absolute atomic E-state index is 0.0978. The maximum Gasteiger partial charge on any atom is 0.252 e. The average Bonchev–Trinajstić information content (AvgIpc) is 2.28. The topological polar surface area (TPSA) is 48.0 Å². The summed E-state index contributed by atoms with van der Waals surface area (Å²) < 4.78 is 2.41. The molecule has 88 valence electrons. The largest absolute Gasteiger partial charge is 0.385 e. The van der Waals surface area contributed by atoms with E-state index in [2.05, 4.69) is 15.9 Å². The van der Waals surface area contributed by atoms with Gasteiger partial charge in [-0.25, -0.2) is 0 Å². The van der Waals surface area contributed by atoms with Gasteiger partial charge in [-0.15, -0.1) is 0 Å². The quantitative estimate of drug-likeness (QED) is 0.878. The highest BCUT2D eigenvalue weighted by molar-refractivity contribution is 9.10. The maximum atomic E-state index is 11.7. The van der Waals surface area contributed by atoms with Gasteiger partial charge < -0.3 is 5.73 Å². The number of hydrogen-bond donors (Lipinski definition) is 1. The van der Waals surface area contributed by atoms with Crippen LogP contribution in [0.15, 0.2) is 39.6 Å². The Labute approximate surface area is 108 Å². The van der Waals surface area contributed by atoms with Crippen LogP contribution in [0.3, 0.4) is 0 Å². The Kier molecular flexibility index (Phi) is 3.07. The van der Waals surface area contributed by atoms with Crippen molar-refractivity contribution in [1.82, 2.24) is 4.57 Å². The summed E-state index contributed by atoms with van der Waals surface area (Å²) in [6.45, 7) is 2.01. The summed E-state index contributed by atoms with van der Waals surface area (Å²) in [5.74, 6) is 0.465. The zero-order valence-electron chi connectivity index (χ0n) is 9.70. The zero-order chi connectivity index (χ0) is 12.6. The number of anilines is 1. The Morgan fingerprint density at radius 3 is 2.59 bits per heavy atom. The summed E-state index contributed by atoms with van der Waals surface area (Å²) in [7, 11) is 1.66. The number of benzene rings is 1. The molecule has 0 aliphatic heterocycles. The van der Waals surface area contributed by atoms with E-state index in [4.69, 9.17) is 5.73 Å². The molecule has 0 saturated carbocycles. The van der Waals surface area contributed by atoms with Crippen molar-refractivity contribution in [2.24, 2.45) is 7.05 Å². The molecule has 0 aliphatic carbocycles. The van der Waals surface area contributed by atoms with E-state index in [0.29, 0.717) is 5.82 Å². The molecule has 1 aromatic heterocycles. The predicted octanol–water partition coefficient (Wildman–Crippen LogP) is 2.71. The number of pyridine rings is 1. The van der Waals surface area contributed by atoms with Crippen molar-refractivity contribution in [2.45, 2.75) is 6.92 Å². The van der Waals surface area contributed by atoms with E-state index in [1.165, 1.54) is 4.57 Å². The third-order valence-electron chi connectivity index (χ3n) is 2.81. The van der Waals surface area contributed by atoms with E-state index < -0.39 is 0 Å². The van der Waals surface area contributed by atoms with Crippen LogP contribution < -0.4 is 11.3 Å². The molecule has 2 N–H and O–H groups in total. The molecule has 0 radical (unpaired) electrons. The Bertz CT molecular complexity index is 632. The van der Waals surface area contributed by atoms with Gasteiger partial charge in [-0.05, 0) is 41.8 Å². The van der Waals surface area contributed by atoms with Gasteiger partial charge in [-0.2, -0.15) is 0 Å². The molecular formula is C13H13BrN2O. The lowest BCUT2D eigenvalue weighted by molar-refractivity contribution is 0.876. The molecule has 0 spiro atoms. The molecule has 2 rings (SSSR count). The van der Waals surface area contributed by atoms with E-state index in [0.717, 1.165) is 21.2 Å². The third-order valence-corrected chi connectivity index (χ3v) is 3.30. The second kappa shape index (κ2) is 4.37. The summed E-state index contributed by atoms with van der Waals surface area (Å²) >= 11 is 3.43. The summed E-state index contributed by atoms with van der Waals surface area (Å²) in [5, 5.41) is 0. The number of aryl methyl sites for hydroxylation is 1. The Morgan fingerprint density at radius 2 is 1.94 bits per heavy atom. The van der Waals surface area contributed by atoms with Gasteiger partial charge in [0.15, 0.2) is 0 Å². The first kappa shape index (κ1) is 11.9. The van der Waals surface area contributed by atoms with Crippen LogP contribution in [-0.4, -0.2) is 4.57 Å². The molecule has 0 bridgehead atoms. The molecule has 0 saturated heterocycles. The van der Waals surface area contributed by atoms with E-state index in [-0.39, 0.29) is 5.56 Å². The number of nitrogen functional groups attached to an aromatic ring is 1. The SMILES string of the molecule is Cc1ccc(Br)cc1-c1cc(N)n(C)c(=O)c1. The van der Waals surface area contributed by atoms with Gasteiger partial charge in [0.1, 0.15) is 5.82 Å². The molecule has 0 unspecified atom stereocenters. The van der Waals surface area contributed by atoms with Crippen molar-refractivity contribution >= 4 is 21.7 Å². The highest BCUT2D eigenvalue weighted by atomic mass is 79.9. The third kappa shape index (κ3) is 2.26. The molecule has 1 aromatic carbocycles. The standard InChI is InChI=1S/C13H13BrN2O/c1-8-3-4-10(14)7-11(8)9-5-12(15)16(2)13(17)6-9/h3-7H,15H2,1-2H3. The number of rotatable bonds is 1. The molecule has 1 heterocycles. The van der Waals surface area contributed by atoms with Crippen molar-refractivity contribution in [3.63, 3.8) is 0 Å². The lowest BCUT2D eigenvalue weighted by atomic mass is 10.0. The van der Waals surface area contributed by atoms with Crippen LogP contribution in [0.25, 0.3) is 11.1 Å². The fourth-order valence-corrected chi connectivity index (χ4v) is 2.08. The lowest BCUT2D eigenvalue weighted by Crippen LogP contribution is -2.18. The van der Waals surface area contributed by atoms with Crippen molar-refractivity contribution in [2.75, 3.05) is 5.73 Å². The molecule has 3 nitrogen and oxygen atoms in total. The first-order chi connectivity index (χ1) is 7.99. The Balaban J connectivity index is 2.69. The molecule has 0 atom stereocenters. The van der Waals surface area contributed by atoms with Gasteiger partial charge in [-0.3, -0.25) is 9.36 Å². The van der Waals surface area contributed by atoms with Crippen LogP contribution in [0, 0.1) is 6.92 Å². The minimum atomic E-state index is -0.0978. The van der Waals surface area contributed by atoms with E-state index in [1.54, 1.807) is 13.1 Å². The molecule has 2 aromatic rings. The summed E-state index contributed by atoms with van der Waals surface area (Å²) in [4.78, 5) is 11.7. The molecule has 17 heavy (non-hydrogen) atoms. The van der Waals surface area contributed by atoms with Crippen LogP contribution in [0.2, 0.25) is 0 Å². The number of nitrogens with two attached hydrogens (primary N) is 1. The lowest BCUT2D eigenvalue weighted by Gasteiger charge is -2.09. The smallest absolute Gasteiger partial charge is 0.252 e. The number of halogens is 1. The fraction of sp³-hybridized carbons (Fsp3) is 0.154. The fourth-order valence-electron chi connectivity index (χ4n) is 1.72. The van der Waals surface area contributed by atoms with Crippen LogP contribution in [0.4, 0.5) is 5.82 Å². The number of aromatic nitrogens is 1. The van der Waals surface area contributed by atoms with Crippen LogP contribution in [0.5, 0.6) is 0 Å². The van der Waals surface area contributed by atoms with Crippen molar-refractivity contribution in [3.8, 4) is 11.1 Å². The molecular weight excluding hydrogens is 280 g/mol. The Hall–Kier alpha value is -1.55. The van der Waals surface area contributed by atoms with Crippen LogP contribution >= 0.6 is 15.9 Å². The first-order valence-electron chi connectivity index (χ1n) is 5.22. The number of nitrogens with zero attached hydrogens (tertiary/aromatic N) is 1. The zero-order valence-corrected chi connectivity index (χ0v) is 11.3. The van der Waals surface area contributed by atoms with Gasteiger partial charge in [0, 0.05) is 17.6 Å². The van der Waals surface area contributed by atoms with Gasteiger partial charge in [0.05, 0.1) is 0 Å². The Morgan fingerprint density at radius 1 is 1.24 bits per heavy atom. The summed E-state index contributed by atoms with van der Waals surface area (Å²) in [6, 6.07) is 9.39.